The molecule has 0 saturated heterocycles. The number of hydrogen-bond donors (Lipinski definition) is 1. The van der Waals surface area contributed by atoms with E-state index in [1.807, 2.05) is 37.3 Å². The van der Waals surface area contributed by atoms with Crippen LogP contribution in [0.25, 0.3) is 0 Å². The Hall–Kier alpha value is -1.42. The molecule has 0 saturated carbocycles. The summed E-state index contributed by atoms with van der Waals surface area (Å²) in [6.07, 6.45) is 0. The average molecular weight is 359 g/mol. The van der Waals surface area contributed by atoms with Gasteiger partial charge in [0.2, 0.25) is 0 Å². The third kappa shape index (κ3) is 4.54. The van der Waals surface area contributed by atoms with E-state index in [9.17, 15) is 4.79 Å². The molecule has 0 heterocycles. The Labute approximate surface area is 144 Å². The lowest BCUT2D eigenvalue weighted by Gasteiger charge is -2.15. The van der Waals surface area contributed by atoms with Crippen LogP contribution in [0.3, 0.4) is 0 Å². The van der Waals surface area contributed by atoms with Crippen LogP contribution in [0.5, 0.6) is 5.75 Å². The molecule has 0 aliphatic heterocycles. The summed E-state index contributed by atoms with van der Waals surface area (Å²) in [5.74, 6) is -0.0197. The van der Waals surface area contributed by atoms with Crippen LogP contribution in [0.4, 0.5) is 0 Å². The summed E-state index contributed by atoms with van der Waals surface area (Å²) in [5, 5.41) is 3.78. The maximum atomic E-state index is 11.9. The third-order valence-electron chi connectivity index (χ3n) is 2.99. The van der Waals surface area contributed by atoms with Crippen LogP contribution in [0, 0.1) is 0 Å². The molecule has 0 aliphatic carbocycles. The number of carbonyl (C=O) groups is 1. The quantitative estimate of drug-likeness (QED) is 0.825. The molecule has 2 aromatic rings. The van der Waals surface area contributed by atoms with Crippen molar-refractivity contribution in [2.75, 3.05) is 6.61 Å². The zero-order chi connectivity index (χ0) is 16.1. The van der Waals surface area contributed by atoms with Gasteiger partial charge in [-0.1, -0.05) is 65.1 Å². The van der Waals surface area contributed by atoms with E-state index < -0.39 is 0 Å². The fraction of sp³-hybridized carbons (Fsp3) is 0.188. The minimum Gasteiger partial charge on any atom is -0.481 e. The number of nitrogens with one attached hydrogen (secondary N) is 1. The smallest absolute Gasteiger partial charge is 0.258 e. The molecule has 22 heavy (non-hydrogen) atoms. The predicted molar refractivity (Wildman–Crippen MR) is 90.0 cm³/mol. The molecular formula is C16H14Cl3NO2. The molecule has 1 N–H and O–H groups in total. The van der Waals surface area contributed by atoms with E-state index in [0.717, 1.165) is 5.56 Å². The highest BCUT2D eigenvalue weighted by atomic mass is 35.5. The van der Waals surface area contributed by atoms with Crippen molar-refractivity contribution in [1.82, 2.24) is 5.32 Å². The third-order valence-corrected chi connectivity index (χ3v) is 3.77. The maximum Gasteiger partial charge on any atom is 0.258 e. The molecule has 0 fully saturated rings. The molecule has 0 aliphatic rings. The SMILES string of the molecule is C[C@H](NC(=O)COc1c(Cl)cc(Cl)cc1Cl)c1ccccc1. The lowest BCUT2D eigenvalue weighted by atomic mass is 10.1. The van der Waals surface area contributed by atoms with Gasteiger partial charge < -0.3 is 10.1 Å². The van der Waals surface area contributed by atoms with Crippen LogP contribution in [0.1, 0.15) is 18.5 Å². The van der Waals surface area contributed by atoms with Gasteiger partial charge in [-0.2, -0.15) is 0 Å². The molecule has 2 rings (SSSR count). The van der Waals surface area contributed by atoms with Crippen molar-refractivity contribution in [3.63, 3.8) is 0 Å². The predicted octanol–water partition coefficient (Wildman–Crippen LogP) is 4.90. The Morgan fingerprint density at radius 1 is 1.14 bits per heavy atom. The number of ether oxygens (including phenoxy) is 1. The highest BCUT2D eigenvalue weighted by Crippen LogP contribution is 2.35. The second-order valence-electron chi connectivity index (χ2n) is 4.69. The van der Waals surface area contributed by atoms with Crippen molar-refractivity contribution >= 4 is 40.7 Å². The lowest BCUT2D eigenvalue weighted by Crippen LogP contribution is -2.31. The summed E-state index contributed by atoms with van der Waals surface area (Å²) in [6.45, 7) is 1.72. The van der Waals surface area contributed by atoms with Gasteiger partial charge in [-0.25, -0.2) is 0 Å². The molecular weight excluding hydrogens is 345 g/mol. The zero-order valence-corrected chi connectivity index (χ0v) is 14.0. The summed E-state index contributed by atoms with van der Waals surface area (Å²) in [5.41, 5.74) is 1.01. The maximum absolute atomic E-state index is 11.9. The molecule has 3 nitrogen and oxygen atoms in total. The molecule has 0 aromatic heterocycles. The number of amides is 1. The van der Waals surface area contributed by atoms with Gasteiger partial charge in [-0.15, -0.1) is 0 Å². The normalized spacial score (nSPS) is 11.8. The highest BCUT2D eigenvalue weighted by molar-refractivity contribution is 6.40. The van der Waals surface area contributed by atoms with Gasteiger partial charge in [0.05, 0.1) is 16.1 Å². The Balaban J connectivity index is 1.94. The number of halogens is 3. The molecule has 0 spiro atoms. The second kappa shape index (κ2) is 7.73. The molecule has 0 radical (unpaired) electrons. The molecule has 116 valence electrons. The second-order valence-corrected chi connectivity index (χ2v) is 5.94. The van der Waals surface area contributed by atoms with Gasteiger partial charge in [0.15, 0.2) is 12.4 Å². The van der Waals surface area contributed by atoms with Crippen molar-refractivity contribution < 1.29 is 9.53 Å². The van der Waals surface area contributed by atoms with E-state index in [1.54, 1.807) is 0 Å². The van der Waals surface area contributed by atoms with Crippen LogP contribution in [-0.2, 0) is 4.79 Å². The van der Waals surface area contributed by atoms with Crippen LogP contribution in [0.15, 0.2) is 42.5 Å². The van der Waals surface area contributed by atoms with Gasteiger partial charge in [-0.3, -0.25) is 4.79 Å². The van der Waals surface area contributed by atoms with Crippen LogP contribution in [-0.4, -0.2) is 12.5 Å². The number of hydrogen-bond acceptors (Lipinski definition) is 2. The van der Waals surface area contributed by atoms with E-state index in [2.05, 4.69) is 5.32 Å². The van der Waals surface area contributed by atoms with Gasteiger partial charge in [0.1, 0.15) is 0 Å². The van der Waals surface area contributed by atoms with E-state index >= 15 is 0 Å². The molecule has 6 heteroatoms. The first-order valence-corrected chi connectivity index (χ1v) is 7.72. The van der Waals surface area contributed by atoms with Crippen LogP contribution >= 0.6 is 34.8 Å². The van der Waals surface area contributed by atoms with Gasteiger partial charge in [0, 0.05) is 5.02 Å². The average Bonchev–Trinajstić information content (AvgIpc) is 2.47. The van der Waals surface area contributed by atoms with Crippen LogP contribution in [0.2, 0.25) is 15.1 Å². The fourth-order valence-corrected chi connectivity index (χ4v) is 2.84. The molecule has 2 aromatic carbocycles. The van der Waals surface area contributed by atoms with Gasteiger partial charge in [0.25, 0.3) is 5.91 Å². The summed E-state index contributed by atoms with van der Waals surface area (Å²) in [6, 6.07) is 12.5. The molecule has 1 amide bonds. The fourth-order valence-electron chi connectivity index (χ4n) is 1.91. The largest absolute Gasteiger partial charge is 0.481 e. The Morgan fingerprint density at radius 2 is 1.73 bits per heavy atom. The molecule has 0 bridgehead atoms. The van der Waals surface area contributed by atoms with Gasteiger partial charge in [-0.05, 0) is 24.6 Å². The topological polar surface area (TPSA) is 38.3 Å². The van der Waals surface area contributed by atoms with Crippen molar-refractivity contribution in [3.05, 3.63) is 63.1 Å². The van der Waals surface area contributed by atoms with E-state index in [4.69, 9.17) is 39.5 Å². The Bertz CT molecular complexity index is 639. The Morgan fingerprint density at radius 3 is 2.32 bits per heavy atom. The van der Waals surface area contributed by atoms with Crippen molar-refractivity contribution in [1.29, 1.82) is 0 Å². The van der Waals surface area contributed by atoms with Crippen LogP contribution < -0.4 is 10.1 Å². The summed E-state index contributed by atoms with van der Waals surface area (Å²) in [7, 11) is 0. The van der Waals surface area contributed by atoms with Gasteiger partial charge >= 0.3 is 0 Å². The lowest BCUT2D eigenvalue weighted by molar-refractivity contribution is -0.123. The molecule has 0 unspecified atom stereocenters. The minimum absolute atomic E-state index is 0.117. The Kier molecular flexibility index (Phi) is 5.95. The first-order valence-electron chi connectivity index (χ1n) is 6.59. The number of carbonyl (C=O) groups excluding carboxylic acids is 1. The summed E-state index contributed by atoms with van der Waals surface area (Å²) < 4.78 is 5.39. The van der Waals surface area contributed by atoms with E-state index in [-0.39, 0.29) is 34.4 Å². The number of benzene rings is 2. The van der Waals surface area contributed by atoms with E-state index in [0.29, 0.717) is 5.02 Å². The zero-order valence-electron chi connectivity index (χ0n) is 11.8. The number of rotatable bonds is 5. The first-order chi connectivity index (χ1) is 10.5. The monoisotopic (exact) mass is 357 g/mol. The summed E-state index contributed by atoms with van der Waals surface area (Å²) in [4.78, 5) is 11.9. The molecule has 1 atom stereocenters. The van der Waals surface area contributed by atoms with Crippen molar-refractivity contribution in [2.24, 2.45) is 0 Å². The minimum atomic E-state index is -0.265. The standard InChI is InChI=1S/C16H14Cl3NO2/c1-10(11-5-3-2-4-6-11)20-15(21)9-22-16-13(18)7-12(17)8-14(16)19/h2-8,10H,9H2,1H3,(H,20,21)/t10-/m0/s1. The first kappa shape index (κ1) is 16.9. The summed E-state index contributed by atoms with van der Waals surface area (Å²) >= 11 is 17.8. The van der Waals surface area contributed by atoms with E-state index in [1.165, 1.54) is 12.1 Å². The van der Waals surface area contributed by atoms with Crippen molar-refractivity contribution in [2.45, 2.75) is 13.0 Å². The van der Waals surface area contributed by atoms with Crippen molar-refractivity contribution in [3.8, 4) is 5.75 Å². The highest BCUT2D eigenvalue weighted by Gasteiger charge is 2.13.